The maximum atomic E-state index is 10.8. The fraction of sp³-hybridized carbons (Fsp3) is 0.545. The molecule has 0 aliphatic heterocycles. The summed E-state index contributed by atoms with van der Waals surface area (Å²) < 4.78 is 0. The molecule has 1 unspecified atom stereocenters. The molecule has 0 aliphatic carbocycles. The molecule has 88 valence electrons. The second kappa shape index (κ2) is 4.92. The molecule has 5 nitrogen and oxygen atoms in total. The molecule has 16 heavy (non-hydrogen) atoms. The zero-order chi connectivity index (χ0) is 12.3. The highest BCUT2D eigenvalue weighted by molar-refractivity contribution is 5.76. The average molecular weight is 223 g/mol. The lowest BCUT2D eigenvalue weighted by Crippen LogP contribution is -2.36. The van der Waals surface area contributed by atoms with E-state index in [1.165, 1.54) is 0 Å². The zero-order valence-corrected chi connectivity index (χ0v) is 10.0. The van der Waals surface area contributed by atoms with E-state index in [1.807, 2.05) is 13.8 Å². The molecule has 0 radical (unpaired) electrons. The lowest BCUT2D eigenvalue weighted by atomic mass is 10.2. The summed E-state index contributed by atoms with van der Waals surface area (Å²) >= 11 is 0. The molecule has 0 aliphatic rings. The normalized spacial score (nSPS) is 12.6. The Morgan fingerprint density at radius 2 is 2.06 bits per heavy atom. The molecule has 0 saturated heterocycles. The van der Waals surface area contributed by atoms with Crippen molar-refractivity contribution in [3.8, 4) is 0 Å². The van der Waals surface area contributed by atoms with Crippen molar-refractivity contribution < 1.29 is 9.90 Å². The average Bonchev–Trinajstić information content (AvgIpc) is 2.27. The first-order chi connectivity index (χ1) is 7.43. The van der Waals surface area contributed by atoms with Gasteiger partial charge in [0.25, 0.3) is 0 Å². The Morgan fingerprint density at radius 1 is 1.44 bits per heavy atom. The van der Waals surface area contributed by atoms with Crippen molar-refractivity contribution in [2.24, 2.45) is 0 Å². The molecule has 1 atom stereocenters. The van der Waals surface area contributed by atoms with Crippen LogP contribution in [0.3, 0.4) is 0 Å². The third kappa shape index (κ3) is 2.68. The van der Waals surface area contributed by atoms with Crippen LogP contribution < -0.4 is 4.90 Å². The Balaban J connectivity index is 2.95. The Bertz CT molecular complexity index is 379. The Hall–Kier alpha value is -1.65. The number of rotatable bonds is 4. The Labute approximate surface area is 95.1 Å². The van der Waals surface area contributed by atoms with E-state index >= 15 is 0 Å². The smallest absolute Gasteiger partial charge is 0.326 e. The van der Waals surface area contributed by atoms with E-state index in [1.54, 1.807) is 31.1 Å². The van der Waals surface area contributed by atoms with Crippen LogP contribution in [-0.2, 0) is 4.79 Å². The van der Waals surface area contributed by atoms with Crippen LogP contribution >= 0.6 is 0 Å². The molecule has 1 aromatic rings. The summed E-state index contributed by atoms with van der Waals surface area (Å²) in [6, 6.07) is 1.11. The highest BCUT2D eigenvalue weighted by Gasteiger charge is 2.18. The molecule has 0 bridgehead atoms. The molecule has 0 aromatic carbocycles. The number of aromatic nitrogens is 2. The first kappa shape index (κ1) is 12.4. The number of aliphatic carboxylic acids is 1. The van der Waals surface area contributed by atoms with Gasteiger partial charge in [0.05, 0.1) is 0 Å². The molecule has 0 spiro atoms. The number of likely N-dealkylation sites (N-methyl/N-ethyl adjacent to an activating group) is 1. The van der Waals surface area contributed by atoms with Crippen molar-refractivity contribution >= 4 is 11.8 Å². The standard InChI is InChI=1S/C11H17N3O2/c1-7(2)10-12-6-5-9(13-10)14(4)8(3)11(15)16/h5-8H,1-4H3,(H,15,16). The summed E-state index contributed by atoms with van der Waals surface area (Å²) in [5.41, 5.74) is 0. The second-order valence-corrected chi connectivity index (χ2v) is 4.05. The van der Waals surface area contributed by atoms with Crippen LogP contribution in [0.2, 0.25) is 0 Å². The van der Waals surface area contributed by atoms with Crippen molar-refractivity contribution in [3.63, 3.8) is 0 Å². The lowest BCUT2D eigenvalue weighted by molar-refractivity contribution is -0.138. The van der Waals surface area contributed by atoms with Gasteiger partial charge in [-0.1, -0.05) is 13.8 Å². The minimum Gasteiger partial charge on any atom is -0.480 e. The molecular weight excluding hydrogens is 206 g/mol. The summed E-state index contributed by atoms with van der Waals surface area (Å²) in [7, 11) is 1.71. The third-order valence-corrected chi connectivity index (χ3v) is 2.48. The summed E-state index contributed by atoms with van der Waals surface area (Å²) in [5, 5.41) is 8.91. The monoisotopic (exact) mass is 223 g/mol. The summed E-state index contributed by atoms with van der Waals surface area (Å²) in [5.74, 6) is 0.719. The number of nitrogens with zero attached hydrogens (tertiary/aromatic N) is 3. The number of anilines is 1. The fourth-order valence-corrected chi connectivity index (χ4v) is 1.20. The van der Waals surface area contributed by atoms with Crippen LogP contribution in [0, 0.1) is 0 Å². The highest BCUT2D eigenvalue weighted by atomic mass is 16.4. The minimum absolute atomic E-state index is 0.230. The molecule has 0 saturated carbocycles. The van der Waals surface area contributed by atoms with Crippen LogP contribution in [0.1, 0.15) is 32.5 Å². The van der Waals surface area contributed by atoms with E-state index in [0.717, 1.165) is 5.82 Å². The number of carbonyl (C=O) groups is 1. The van der Waals surface area contributed by atoms with E-state index in [9.17, 15) is 4.79 Å². The number of hydrogen-bond donors (Lipinski definition) is 1. The maximum Gasteiger partial charge on any atom is 0.326 e. The van der Waals surface area contributed by atoms with Crippen molar-refractivity contribution in [2.75, 3.05) is 11.9 Å². The first-order valence-corrected chi connectivity index (χ1v) is 5.22. The van der Waals surface area contributed by atoms with Crippen LogP contribution in [-0.4, -0.2) is 34.1 Å². The Morgan fingerprint density at radius 3 is 2.56 bits per heavy atom. The summed E-state index contributed by atoms with van der Waals surface area (Å²) in [4.78, 5) is 20.9. The SMILES string of the molecule is CC(C)c1nccc(N(C)C(C)C(=O)O)n1. The van der Waals surface area contributed by atoms with Crippen molar-refractivity contribution in [2.45, 2.75) is 32.7 Å². The van der Waals surface area contributed by atoms with E-state index in [4.69, 9.17) is 5.11 Å². The van der Waals surface area contributed by atoms with Gasteiger partial charge in [-0.05, 0) is 13.0 Å². The number of carboxylic acids is 1. The van der Waals surface area contributed by atoms with Gasteiger partial charge in [0, 0.05) is 19.2 Å². The van der Waals surface area contributed by atoms with Crippen LogP contribution in [0.25, 0.3) is 0 Å². The molecule has 0 fully saturated rings. The minimum atomic E-state index is -0.868. The van der Waals surface area contributed by atoms with Gasteiger partial charge in [-0.25, -0.2) is 14.8 Å². The third-order valence-electron chi connectivity index (χ3n) is 2.48. The second-order valence-electron chi connectivity index (χ2n) is 4.05. The van der Waals surface area contributed by atoms with E-state index < -0.39 is 12.0 Å². The van der Waals surface area contributed by atoms with Gasteiger partial charge in [0.1, 0.15) is 17.7 Å². The first-order valence-electron chi connectivity index (χ1n) is 5.22. The maximum absolute atomic E-state index is 10.8. The highest BCUT2D eigenvalue weighted by Crippen LogP contribution is 2.15. The molecule has 5 heteroatoms. The van der Waals surface area contributed by atoms with E-state index in [2.05, 4.69) is 9.97 Å². The van der Waals surface area contributed by atoms with Crippen molar-refractivity contribution in [3.05, 3.63) is 18.1 Å². The van der Waals surface area contributed by atoms with Gasteiger partial charge in [0.15, 0.2) is 0 Å². The lowest BCUT2D eigenvalue weighted by Gasteiger charge is -2.22. The van der Waals surface area contributed by atoms with Gasteiger partial charge < -0.3 is 10.0 Å². The van der Waals surface area contributed by atoms with Crippen molar-refractivity contribution in [1.82, 2.24) is 9.97 Å². The van der Waals surface area contributed by atoms with E-state index in [-0.39, 0.29) is 5.92 Å². The van der Waals surface area contributed by atoms with Gasteiger partial charge in [0.2, 0.25) is 0 Å². The van der Waals surface area contributed by atoms with Crippen LogP contribution in [0.4, 0.5) is 5.82 Å². The van der Waals surface area contributed by atoms with Gasteiger partial charge in [-0.2, -0.15) is 0 Å². The molecular formula is C11H17N3O2. The van der Waals surface area contributed by atoms with Gasteiger partial charge in [-0.3, -0.25) is 0 Å². The predicted octanol–water partition coefficient (Wildman–Crippen LogP) is 1.51. The zero-order valence-electron chi connectivity index (χ0n) is 10.0. The predicted molar refractivity (Wildman–Crippen MR) is 61.6 cm³/mol. The van der Waals surface area contributed by atoms with Gasteiger partial charge >= 0.3 is 5.97 Å². The van der Waals surface area contributed by atoms with Crippen LogP contribution in [0.5, 0.6) is 0 Å². The van der Waals surface area contributed by atoms with E-state index in [0.29, 0.717) is 5.82 Å². The number of carboxylic acid groups (broad SMARTS) is 1. The largest absolute Gasteiger partial charge is 0.480 e. The molecule has 1 heterocycles. The van der Waals surface area contributed by atoms with Crippen molar-refractivity contribution in [1.29, 1.82) is 0 Å². The molecule has 1 rings (SSSR count). The van der Waals surface area contributed by atoms with Crippen LogP contribution in [0.15, 0.2) is 12.3 Å². The summed E-state index contributed by atoms with van der Waals surface area (Å²) in [6.07, 6.45) is 1.66. The quantitative estimate of drug-likeness (QED) is 0.838. The summed E-state index contributed by atoms with van der Waals surface area (Å²) in [6.45, 7) is 5.62. The number of hydrogen-bond acceptors (Lipinski definition) is 4. The molecule has 0 amide bonds. The topological polar surface area (TPSA) is 66.3 Å². The Kier molecular flexibility index (Phi) is 3.82. The van der Waals surface area contributed by atoms with Gasteiger partial charge in [-0.15, -0.1) is 0 Å². The molecule has 1 N–H and O–H groups in total. The molecule has 1 aromatic heterocycles. The fourth-order valence-electron chi connectivity index (χ4n) is 1.20.